The Balaban J connectivity index is 2.41. The molecule has 2 aromatic rings. The molecule has 0 aliphatic rings. The standard InChI is InChI=1S/C21H28N4O3/c1-5-28-18-12-15(8-11-17(18)24-13(2)3)21(4,20(26)27)25-16-9-6-14(7-10-16)19(22)23/h6-13,24-25H,5H2,1-4H3,(H3,22,23)(H,26,27). The van der Waals surface area contributed by atoms with Crippen LogP contribution >= 0.6 is 0 Å². The first-order valence-electron chi connectivity index (χ1n) is 9.17. The van der Waals surface area contributed by atoms with Gasteiger partial charge in [0.15, 0.2) is 5.54 Å². The largest absolute Gasteiger partial charge is 0.492 e. The number of nitrogens with two attached hydrogens (primary N) is 1. The van der Waals surface area contributed by atoms with Crippen molar-refractivity contribution in [3.05, 3.63) is 53.6 Å². The number of nitrogens with one attached hydrogen (secondary N) is 3. The normalized spacial score (nSPS) is 12.9. The zero-order valence-corrected chi connectivity index (χ0v) is 16.7. The fraction of sp³-hybridized carbons (Fsp3) is 0.333. The van der Waals surface area contributed by atoms with Gasteiger partial charge in [0.25, 0.3) is 0 Å². The molecular formula is C21H28N4O3. The van der Waals surface area contributed by atoms with Crippen molar-refractivity contribution in [1.82, 2.24) is 0 Å². The van der Waals surface area contributed by atoms with Crippen molar-refractivity contribution in [2.75, 3.05) is 17.2 Å². The fourth-order valence-corrected chi connectivity index (χ4v) is 2.81. The molecule has 7 nitrogen and oxygen atoms in total. The minimum absolute atomic E-state index is 0.0397. The summed E-state index contributed by atoms with van der Waals surface area (Å²) in [5.41, 5.74) is 6.66. The maximum atomic E-state index is 12.2. The minimum Gasteiger partial charge on any atom is -0.492 e. The Kier molecular flexibility index (Phi) is 6.51. The van der Waals surface area contributed by atoms with Crippen LogP contribution in [-0.2, 0) is 10.3 Å². The lowest BCUT2D eigenvalue weighted by Gasteiger charge is -2.29. The lowest BCUT2D eigenvalue weighted by atomic mass is 9.91. The first-order chi connectivity index (χ1) is 13.2. The molecule has 0 aromatic heterocycles. The topological polar surface area (TPSA) is 120 Å². The van der Waals surface area contributed by atoms with E-state index in [1.807, 2.05) is 26.8 Å². The summed E-state index contributed by atoms with van der Waals surface area (Å²) in [6, 6.07) is 12.3. The third-order valence-corrected chi connectivity index (χ3v) is 4.32. The van der Waals surface area contributed by atoms with E-state index in [4.69, 9.17) is 15.9 Å². The number of carboxylic acid groups (broad SMARTS) is 1. The predicted molar refractivity (Wildman–Crippen MR) is 112 cm³/mol. The van der Waals surface area contributed by atoms with E-state index >= 15 is 0 Å². The van der Waals surface area contributed by atoms with Crippen molar-refractivity contribution in [2.45, 2.75) is 39.3 Å². The number of hydrogen-bond acceptors (Lipinski definition) is 5. The van der Waals surface area contributed by atoms with E-state index in [2.05, 4.69) is 10.6 Å². The molecule has 6 N–H and O–H groups in total. The first-order valence-corrected chi connectivity index (χ1v) is 9.17. The Morgan fingerprint density at radius 1 is 1.25 bits per heavy atom. The fourth-order valence-electron chi connectivity index (χ4n) is 2.81. The van der Waals surface area contributed by atoms with E-state index in [-0.39, 0.29) is 11.9 Å². The van der Waals surface area contributed by atoms with Crippen molar-refractivity contribution in [2.24, 2.45) is 5.73 Å². The second-order valence-electron chi connectivity index (χ2n) is 6.99. The van der Waals surface area contributed by atoms with E-state index in [1.54, 1.807) is 43.3 Å². The number of carboxylic acids is 1. The highest BCUT2D eigenvalue weighted by molar-refractivity contribution is 5.95. The van der Waals surface area contributed by atoms with E-state index in [0.29, 0.717) is 29.2 Å². The molecule has 0 radical (unpaired) electrons. The van der Waals surface area contributed by atoms with Crippen molar-refractivity contribution in [1.29, 1.82) is 5.41 Å². The van der Waals surface area contributed by atoms with E-state index < -0.39 is 11.5 Å². The maximum Gasteiger partial charge on any atom is 0.333 e. The zero-order valence-electron chi connectivity index (χ0n) is 16.7. The molecule has 150 valence electrons. The molecule has 0 amide bonds. The van der Waals surface area contributed by atoms with Gasteiger partial charge in [-0.2, -0.15) is 0 Å². The Morgan fingerprint density at radius 2 is 1.89 bits per heavy atom. The number of ether oxygens (including phenoxy) is 1. The van der Waals surface area contributed by atoms with Gasteiger partial charge in [-0.05, 0) is 69.7 Å². The summed E-state index contributed by atoms with van der Waals surface area (Å²) >= 11 is 0. The zero-order chi connectivity index (χ0) is 20.9. The third kappa shape index (κ3) is 4.73. The van der Waals surface area contributed by atoms with Crippen molar-refractivity contribution >= 4 is 23.2 Å². The van der Waals surface area contributed by atoms with E-state index in [0.717, 1.165) is 5.69 Å². The number of benzene rings is 2. The van der Waals surface area contributed by atoms with Gasteiger partial charge in [0.1, 0.15) is 11.6 Å². The summed E-state index contributed by atoms with van der Waals surface area (Å²) in [4.78, 5) is 12.2. The molecular weight excluding hydrogens is 356 g/mol. The number of rotatable bonds is 9. The van der Waals surface area contributed by atoms with E-state index in [1.165, 1.54) is 0 Å². The molecule has 2 aromatic carbocycles. The average molecular weight is 384 g/mol. The van der Waals surface area contributed by atoms with Gasteiger partial charge in [-0.15, -0.1) is 0 Å². The second-order valence-corrected chi connectivity index (χ2v) is 6.99. The molecule has 0 aliphatic carbocycles. The number of carbonyl (C=O) groups is 1. The molecule has 2 rings (SSSR count). The Hall–Kier alpha value is -3.22. The summed E-state index contributed by atoms with van der Waals surface area (Å²) in [5.74, 6) is -0.452. The lowest BCUT2D eigenvalue weighted by molar-refractivity contribution is -0.142. The molecule has 0 spiro atoms. The molecule has 1 unspecified atom stereocenters. The molecule has 0 fully saturated rings. The molecule has 0 bridgehead atoms. The lowest BCUT2D eigenvalue weighted by Crippen LogP contribution is -2.40. The number of hydrogen-bond donors (Lipinski definition) is 5. The number of amidine groups is 1. The Morgan fingerprint density at radius 3 is 2.39 bits per heavy atom. The highest BCUT2D eigenvalue weighted by Gasteiger charge is 2.36. The number of anilines is 2. The van der Waals surface area contributed by atoms with Gasteiger partial charge in [0.2, 0.25) is 0 Å². The number of nitrogen functional groups attached to an aromatic ring is 1. The summed E-state index contributed by atoms with van der Waals surface area (Å²) < 4.78 is 5.73. The van der Waals surface area contributed by atoms with Crippen LogP contribution in [0.1, 0.15) is 38.8 Å². The first kappa shape index (κ1) is 21.1. The van der Waals surface area contributed by atoms with Gasteiger partial charge in [0.05, 0.1) is 12.3 Å². The van der Waals surface area contributed by atoms with Gasteiger partial charge in [-0.25, -0.2) is 4.79 Å². The van der Waals surface area contributed by atoms with Crippen LogP contribution in [0.3, 0.4) is 0 Å². The molecule has 0 saturated carbocycles. The Bertz CT molecular complexity index is 849. The van der Waals surface area contributed by atoms with Gasteiger partial charge >= 0.3 is 5.97 Å². The molecule has 0 aliphatic heterocycles. The van der Waals surface area contributed by atoms with Crippen molar-refractivity contribution in [3.8, 4) is 5.75 Å². The monoisotopic (exact) mass is 384 g/mol. The van der Waals surface area contributed by atoms with Crippen LogP contribution in [0.15, 0.2) is 42.5 Å². The molecule has 7 heteroatoms. The van der Waals surface area contributed by atoms with Gasteiger partial charge in [-0.1, -0.05) is 6.07 Å². The van der Waals surface area contributed by atoms with Crippen molar-refractivity contribution < 1.29 is 14.6 Å². The van der Waals surface area contributed by atoms with Crippen LogP contribution in [0.4, 0.5) is 11.4 Å². The Labute approximate surface area is 165 Å². The van der Waals surface area contributed by atoms with Crippen LogP contribution < -0.4 is 21.1 Å². The van der Waals surface area contributed by atoms with Gasteiger partial charge in [-0.3, -0.25) is 5.41 Å². The summed E-state index contributed by atoms with van der Waals surface area (Å²) in [5, 5.41) is 23.8. The smallest absolute Gasteiger partial charge is 0.333 e. The molecule has 28 heavy (non-hydrogen) atoms. The van der Waals surface area contributed by atoms with Crippen LogP contribution in [0.5, 0.6) is 5.75 Å². The number of aliphatic carboxylic acids is 1. The maximum absolute atomic E-state index is 12.2. The highest BCUT2D eigenvalue weighted by Crippen LogP contribution is 2.34. The van der Waals surface area contributed by atoms with Crippen LogP contribution in [-0.4, -0.2) is 29.6 Å². The van der Waals surface area contributed by atoms with Crippen LogP contribution in [0.25, 0.3) is 0 Å². The third-order valence-electron chi connectivity index (χ3n) is 4.32. The second kappa shape index (κ2) is 8.65. The summed E-state index contributed by atoms with van der Waals surface area (Å²) in [6.45, 7) is 8.01. The molecule has 0 heterocycles. The molecule has 0 saturated heterocycles. The predicted octanol–water partition coefficient (Wildman–Crippen LogP) is 3.60. The van der Waals surface area contributed by atoms with Gasteiger partial charge < -0.3 is 26.2 Å². The SMILES string of the molecule is CCOc1cc(C(C)(Nc2ccc(C(=N)N)cc2)C(=O)O)ccc1NC(C)C. The molecule has 1 atom stereocenters. The van der Waals surface area contributed by atoms with Crippen LogP contribution in [0.2, 0.25) is 0 Å². The minimum atomic E-state index is -1.38. The summed E-state index contributed by atoms with van der Waals surface area (Å²) in [7, 11) is 0. The van der Waals surface area contributed by atoms with Crippen molar-refractivity contribution in [3.63, 3.8) is 0 Å². The summed E-state index contributed by atoms with van der Waals surface area (Å²) in [6.07, 6.45) is 0. The van der Waals surface area contributed by atoms with E-state index in [9.17, 15) is 9.90 Å². The average Bonchev–Trinajstić information content (AvgIpc) is 2.63. The van der Waals surface area contributed by atoms with Crippen LogP contribution in [0, 0.1) is 5.41 Å². The van der Waals surface area contributed by atoms with Gasteiger partial charge in [0, 0.05) is 17.3 Å². The quantitative estimate of drug-likeness (QED) is 0.333. The highest BCUT2D eigenvalue weighted by atomic mass is 16.5.